The molecule has 0 spiro atoms. The maximum atomic E-state index is 11.8. The zero-order valence-corrected chi connectivity index (χ0v) is 9.45. The second-order valence-electron chi connectivity index (χ2n) is 3.68. The number of hydrogen-bond acceptors (Lipinski definition) is 5. The molecule has 1 aromatic rings. The minimum Gasteiger partial charge on any atom is -0.457 e. The van der Waals surface area contributed by atoms with Crippen molar-refractivity contribution in [1.82, 2.24) is 0 Å². The maximum Gasteiger partial charge on any atom is 0.303 e. The predicted octanol–water partition coefficient (Wildman–Crippen LogP) is 0.660. The summed E-state index contributed by atoms with van der Waals surface area (Å²) in [7, 11) is -3.38. The van der Waals surface area contributed by atoms with E-state index < -0.39 is 21.9 Å². The topological polar surface area (TPSA) is 86.5 Å². The Bertz CT molecular complexity index is 550. The summed E-state index contributed by atoms with van der Waals surface area (Å²) < 4.78 is 28.5. The van der Waals surface area contributed by atoms with Crippen molar-refractivity contribution in [2.45, 2.75) is 17.9 Å². The largest absolute Gasteiger partial charge is 0.457 e. The van der Waals surface area contributed by atoms with E-state index in [0.29, 0.717) is 11.3 Å². The smallest absolute Gasteiger partial charge is 0.303 e. The molecule has 0 fully saturated rings. The van der Waals surface area contributed by atoms with Gasteiger partial charge in [-0.15, -0.1) is 0 Å². The van der Waals surface area contributed by atoms with Gasteiger partial charge in [0, 0.05) is 18.2 Å². The second-order valence-corrected chi connectivity index (χ2v) is 5.68. The van der Waals surface area contributed by atoms with Crippen molar-refractivity contribution in [2.24, 2.45) is 0 Å². The van der Waals surface area contributed by atoms with Crippen molar-refractivity contribution in [1.29, 1.82) is 0 Å². The van der Waals surface area contributed by atoms with Gasteiger partial charge in [-0.3, -0.25) is 4.79 Å². The van der Waals surface area contributed by atoms with Gasteiger partial charge in [-0.25, -0.2) is 8.42 Å². The number of carbonyl (C=O) groups is 1. The van der Waals surface area contributed by atoms with E-state index in [1.807, 2.05) is 0 Å². The van der Waals surface area contributed by atoms with Gasteiger partial charge in [0.2, 0.25) is 0 Å². The first kappa shape index (κ1) is 10.9. The lowest BCUT2D eigenvalue weighted by atomic mass is 10.1. The molecular weight excluding hydrogens is 230 g/mol. The standard InChI is InChI=1S/C10H11NO4S/c1-6(12)15-9-5-16(13,14)10-4-7(11)2-3-8(9)10/h2-4,9H,5,11H2,1H3. The Balaban J connectivity index is 2.51. The zero-order valence-electron chi connectivity index (χ0n) is 8.64. The van der Waals surface area contributed by atoms with Crippen molar-refractivity contribution in [3.05, 3.63) is 23.8 Å². The number of hydrogen-bond donors (Lipinski definition) is 1. The fourth-order valence-electron chi connectivity index (χ4n) is 1.76. The van der Waals surface area contributed by atoms with Crippen LogP contribution in [0.4, 0.5) is 5.69 Å². The quantitative estimate of drug-likeness (QED) is 0.576. The van der Waals surface area contributed by atoms with Crippen LogP contribution < -0.4 is 5.73 Å². The molecule has 0 saturated heterocycles. The number of rotatable bonds is 1. The van der Waals surface area contributed by atoms with E-state index in [2.05, 4.69) is 0 Å². The highest BCUT2D eigenvalue weighted by Crippen LogP contribution is 2.36. The number of nitrogen functional groups attached to an aromatic ring is 1. The van der Waals surface area contributed by atoms with E-state index in [1.165, 1.54) is 13.0 Å². The number of benzene rings is 1. The lowest BCUT2D eigenvalue weighted by Gasteiger charge is -2.09. The summed E-state index contributed by atoms with van der Waals surface area (Å²) in [5, 5.41) is 0. The molecule has 0 saturated carbocycles. The Kier molecular flexibility index (Phi) is 2.38. The molecule has 1 atom stereocenters. The van der Waals surface area contributed by atoms with Gasteiger partial charge < -0.3 is 10.5 Å². The average Bonchev–Trinajstić information content (AvgIpc) is 2.37. The molecule has 0 radical (unpaired) electrons. The molecule has 1 aliphatic rings. The molecule has 0 amide bonds. The minimum absolute atomic E-state index is 0.166. The number of fused-ring (bicyclic) bond motifs is 1. The van der Waals surface area contributed by atoms with Gasteiger partial charge >= 0.3 is 5.97 Å². The summed E-state index contributed by atoms with van der Waals surface area (Å²) in [4.78, 5) is 11.0. The van der Waals surface area contributed by atoms with Crippen LogP contribution in [-0.4, -0.2) is 20.1 Å². The van der Waals surface area contributed by atoms with E-state index in [0.717, 1.165) is 0 Å². The summed E-state index contributed by atoms with van der Waals surface area (Å²) in [5.74, 6) is -0.698. The molecule has 86 valence electrons. The van der Waals surface area contributed by atoms with Crippen LogP contribution in [-0.2, 0) is 19.4 Å². The van der Waals surface area contributed by atoms with Gasteiger partial charge in [0.25, 0.3) is 0 Å². The van der Waals surface area contributed by atoms with Gasteiger partial charge in [-0.05, 0) is 12.1 Å². The molecule has 2 N–H and O–H groups in total. The molecule has 2 rings (SSSR count). The third-order valence-corrected chi connectivity index (χ3v) is 4.16. The molecular formula is C10H11NO4S. The van der Waals surface area contributed by atoms with Gasteiger partial charge in [0.05, 0.1) is 10.6 Å². The fourth-order valence-corrected chi connectivity index (χ4v) is 3.46. The molecule has 0 aromatic heterocycles. The average molecular weight is 241 g/mol. The number of nitrogens with two attached hydrogens (primary N) is 1. The van der Waals surface area contributed by atoms with E-state index in [1.54, 1.807) is 12.1 Å². The number of sulfone groups is 1. The lowest BCUT2D eigenvalue weighted by molar-refractivity contribution is -0.145. The number of esters is 1. The molecule has 1 heterocycles. The molecule has 16 heavy (non-hydrogen) atoms. The highest BCUT2D eigenvalue weighted by molar-refractivity contribution is 7.91. The van der Waals surface area contributed by atoms with Gasteiger partial charge in [-0.2, -0.15) is 0 Å². The Labute approximate surface area is 93.1 Å². The van der Waals surface area contributed by atoms with Gasteiger partial charge in [-0.1, -0.05) is 6.07 Å². The molecule has 6 heteroatoms. The summed E-state index contributed by atoms with van der Waals surface area (Å²) in [5.41, 5.74) is 6.41. The molecule has 1 aromatic carbocycles. The van der Waals surface area contributed by atoms with Crippen LogP contribution in [0.15, 0.2) is 23.1 Å². The van der Waals surface area contributed by atoms with Crippen LogP contribution in [0.2, 0.25) is 0 Å². The highest BCUT2D eigenvalue weighted by Gasteiger charge is 2.36. The van der Waals surface area contributed by atoms with Crippen LogP contribution in [0, 0.1) is 0 Å². The van der Waals surface area contributed by atoms with E-state index >= 15 is 0 Å². The highest BCUT2D eigenvalue weighted by atomic mass is 32.2. The Hall–Kier alpha value is -1.56. The van der Waals surface area contributed by atoms with Crippen molar-refractivity contribution < 1.29 is 17.9 Å². The first-order chi connectivity index (χ1) is 7.40. The van der Waals surface area contributed by atoms with Crippen LogP contribution in [0.3, 0.4) is 0 Å². The van der Waals surface area contributed by atoms with Gasteiger partial charge in [0.1, 0.15) is 6.10 Å². The van der Waals surface area contributed by atoms with Crippen molar-refractivity contribution >= 4 is 21.5 Å². The zero-order chi connectivity index (χ0) is 11.9. The Morgan fingerprint density at radius 2 is 2.19 bits per heavy atom. The summed E-state index contributed by atoms with van der Waals surface area (Å²) >= 11 is 0. The Morgan fingerprint density at radius 1 is 1.50 bits per heavy atom. The van der Waals surface area contributed by atoms with Crippen molar-refractivity contribution in [3.8, 4) is 0 Å². The van der Waals surface area contributed by atoms with E-state index in [4.69, 9.17) is 10.5 Å². The normalized spacial score (nSPS) is 21.4. The lowest BCUT2D eigenvalue weighted by Crippen LogP contribution is -2.10. The van der Waals surface area contributed by atoms with Crippen LogP contribution in [0.25, 0.3) is 0 Å². The first-order valence-corrected chi connectivity index (χ1v) is 6.35. The monoisotopic (exact) mass is 241 g/mol. The summed E-state index contributed by atoms with van der Waals surface area (Å²) in [6.07, 6.45) is -0.710. The molecule has 0 aliphatic carbocycles. The molecule has 0 bridgehead atoms. The van der Waals surface area contributed by atoms with Gasteiger partial charge in [0.15, 0.2) is 9.84 Å². The second kappa shape index (κ2) is 3.48. The molecule has 1 aliphatic heterocycles. The molecule has 5 nitrogen and oxygen atoms in total. The maximum absolute atomic E-state index is 11.8. The Morgan fingerprint density at radius 3 is 2.81 bits per heavy atom. The first-order valence-electron chi connectivity index (χ1n) is 4.69. The fraction of sp³-hybridized carbons (Fsp3) is 0.300. The van der Waals surface area contributed by atoms with Crippen molar-refractivity contribution in [3.63, 3.8) is 0 Å². The third-order valence-electron chi connectivity index (χ3n) is 2.40. The number of anilines is 1. The number of ether oxygens (including phenoxy) is 1. The summed E-state index contributed by atoms with van der Waals surface area (Å²) in [6, 6.07) is 4.58. The van der Waals surface area contributed by atoms with E-state index in [-0.39, 0.29) is 10.6 Å². The van der Waals surface area contributed by atoms with Crippen LogP contribution >= 0.6 is 0 Å². The minimum atomic E-state index is -3.38. The third kappa shape index (κ3) is 1.76. The summed E-state index contributed by atoms with van der Waals surface area (Å²) in [6.45, 7) is 1.25. The predicted molar refractivity (Wildman–Crippen MR) is 57.4 cm³/mol. The van der Waals surface area contributed by atoms with E-state index in [9.17, 15) is 13.2 Å². The van der Waals surface area contributed by atoms with Crippen LogP contribution in [0.1, 0.15) is 18.6 Å². The number of carbonyl (C=O) groups excluding carboxylic acids is 1. The molecule has 1 unspecified atom stereocenters. The van der Waals surface area contributed by atoms with Crippen molar-refractivity contribution in [2.75, 3.05) is 11.5 Å². The van der Waals surface area contributed by atoms with Crippen LogP contribution in [0.5, 0.6) is 0 Å². The SMILES string of the molecule is CC(=O)OC1CS(=O)(=O)c2cc(N)ccc21.